The number of carbonyl (C=O) groups is 3. The van der Waals surface area contributed by atoms with E-state index < -0.39 is 12.0 Å². The summed E-state index contributed by atoms with van der Waals surface area (Å²) in [6.07, 6.45) is 4.75. The third-order valence-electron chi connectivity index (χ3n) is 6.27. The number of nitrogens with one attached hydrogen (secondary N) is 1. The van der Waals surface area contributed by atoms with Gasteiger partial charge in [0.1, 0.15) is 36.9 Å². The van der Waals surface area contributed by atoms with E-state index in [1.807, 2.05) is 30.3 Å². The zero-order chi connectivity index (χ0) is 24.5. The van der Waals surface area contributed by atoms with Gasteiger partial charge in [0.2, 0.25) is 5.91 Å². The maximum absolute atomic E-state index is 13.2. The predicted octanol–water partition coefficient (Wildman–Crippen LogP) is 3.35. The van der Waals surface area contributed by atoms with Crippen molar-refractivity contribution < 1.29 is 28.6 Å². The molecule has 0 radical (unpaired) electrons. The number of esters is 1. The Morgan fingerprint density at radius 2 is 1.54 bits per heavy atom. The van der Waals surface area contributed by atoms with Gasteiger partial charge < -0.3 is 24.4 Å². The van der Waals surface area contributed by atoms with E-state index in [2.05, 4.69) is 5.32 Å². The molecule has 1 saturated heterocycles. The van der Waals surface area contributed by atoms with Crippen LogP contribution in [0.25, 0.3) is 0 Å². The van der Waals surface area contributed by atoms with Crippen molar-refractivity contribution >= 4 is 17.8 Å². The second-order valence-corrected chi connectivity index (χ2v) is 8.79. The van der Waals surface area contributed by atoms with Crippen molar-refractivity contribution in [3.05, 3.63) is 60.2 Å². The van der Waals surface area contributed by atoms with Gasteiger partial charge in [-0.1, -0.05) is 24.6 Å². The summed E-state index contributed by atoms with van der Waals surface area (Å²) in [5.41, 5.74) is 0.429. The highest BCUT2D eigenvalue weighted by Crippen LogP contribution is 2.22. The van der Waals surface area contributed by atoms with Crippen molar-refractivity contribution in [3.63, 3.8) is 0 Å². The van der Waals surface area contributed by atoms with Crippen molar-refractivity contribution in [2.45, 2.75) is 50.7 Å². The summed E-state index contributed by atoms with van der Waals surface area (Å²) < 4.78 is 16.9. The van der Waals surface area contributed by atoms with E-state index in [9.17, 15) is 14.4 Å². The number of piperazine rings is 1. The monoisotopic (exact) mass is 480 g/mol. The second kappa shape index (κ2) is 12.2. The Morgan fingerprint density at radius 1 is 0.886 bits per heavy atom. The molecule has 2 aromatic rings. The third kappa shape index (κ3) is 6.97. The molecular formula is C27H32N2O6. The van der Waals surface area contributed by atoms with Crippen LogP contribution in [0.15, 0.2) is 54.6 Å². The lowest BCUT2D eigenvalue weighted by atomic mass is 9.98. The number of benzene rings is 2. The van der Waals surface area contributed by atoms with Crippen LogP contribution < -0.4 is 14.8 Å². The summed E-state index contributed by atoms with van der Waals surface area (Å²) in [5, 5.41) is 2.75. The molecular weight excluding hydrogens is 448 g/mol. The Hall–Kier alpha value is -3.55. The maximum Gasteiger partial charge on any atom is 0.308 e. The summed E-state index contributed by atoms with van der Waals surface area (Å²) in [6, 6.07) is 15.4. The molecule has 0 aromatic heterocycles. The fraction of sp³-hybridized carbons (Fsp3) is 0.444. The van der Waals surface area contributed by atoms with Crippen LogP contribution in [0.5, 0.6) is 11.5 Å². The fourth-order valence-electron chi connectivity index (χ4n) is 4.43. The van der Waals surface area contributed by atoms with Gasteiger partial charge in [0, 0.05) is 18.7 Å². The average Bonchev–Trinajstić information content (AvgIpc) is 2.89. The van der Waals surface area contributed by atoms with Gasteiger partial charge >= 0.3 is 5.97 Å². The quantitative estimate of drug-likeness (QED) is 0.437. The topological polar surface area (TPSA) is 94.2 Å². The number of hydrogen-bond donors (Lipinski definition) is 1. The van der Waals surface area contributed by atoms with Gasteiger partial charge in [-0.3, -0.25) is 14.4 Å². The molecule has 1 saturated carbocycles. The Bertz CT molecular complexity index is 988. The first-order chi connectivity index (χ1) is 17.1. The van der Waals surface area contributed by atoms with Gasteiger partial charge in [0.05, 0.1) is 6.42 Å². The molecule has 0 bridgehead atoms. The number of ether oxygens (including phenoxy) is 3. The van der Waals surface area contributed by atoms with E-state index in [4.69, 9.17) is 14.2 Å². The smallest absolute Gasteiger partial charge is 0.308 e. The lowest BCUT2D eigenvalue weighted by molar-refractivity contribution is -0.153. The van der Waals surface area contributed by atoms with Gasteiger partial charge in [0.15, 0.2) is 0 Å². The highest BCUT2D eigenvalue weighted by molar-refractivity contribution is 5.99. The number of amides is 2. The van der Waals surface area contributed by atoms with Crippen LogP contribution in [0.3, 0.4) is 0 Å². The van der Waals surface area contributed by atoms with E-state index in [0.717, 1.165) is 37.9 Å². The van der Waals surface area contributed by atoms with Crippen LogP contribution in [0.4, 0.5) is 0 Å². The first kappa shape index (κ1) is 24.6. The van der Waals surface area contributed by atoms with Crippen molar-refractivity contribution in [1.29, 1.82) is 0 Å². The fourth-order valence-corrected chi connectivity index (χ4v) is 4.43. The molecule has 1 heterocycles. The van der Waals surface area contributed by atoms with Crippen LogP contribution in [0.1, 0.15) is 48.9 Å². The molecule has 2 amide bonds. The molecule has 8 heteroatoms. The molecule has 1 aliphatic heterocycles. The van der Waals surface area contributed by atoms with E-state index in [-0.39, 0.29) is 24.3 Å². The van der Waals surface area contributed by atoms with Crippen molar-refractivity contribution in [2.75, 3.05) is 26.3 Å². The molecule has 1 aliphatic carbocycles. The maximum atomic E-state index is 13.2. The summed E-state index contributed by atoms with van der Waals surface area (Å²) in [7, 11) is 0. The van der Waals surface area contributed by atoms with E-state index in [0.29, 0.717) is 37.6 Å². The standard InChI is InChI=1S/C27H32N2O6/c30-25(35-23-9-5-2-6-10-23)19-24-26(31)28-15-16-29(24)27(32)20-11-13-22(14-12-20)34-18-17-33-21-7-3-1-4-8-21/h1,3-4,7-8,11-14,23-24H,2,5-6,9-10,15-19H2,(H,28,31). The summed E-state index contributed by atoms with van der Waals surface area (Å²) >= 11 is 0. The lowest BCUT2D eigenvalue weighted by Crippen LogP contribution is -2.58. The Balaban J connectivity index is 1.30. The SMILES string of the molecule is O=C(CC1C(=O)NCCN1C(=O)c1ccc(OCCOc2ccccc2)cc1)OC1CCCCC1. The zero-order valence-corrected chi connectivity index (χ0v) is 19.8. The summed E-state index contributed by atoms with van der Waals surface area (Å²) in [6.45, 7) is 1.44. The van der Waals surface area contributed by atoms with Crippen molar-refractivity contribution in [3.8, 4) is 11.5 Å². The summed E-state index contributed by atoms with van der Waals surface area (Å²) in [5.74, 6) is 0.332. The number of hydrogen-bond acceptors (Lipinski definition) is 6. The minimum atomic E-state index is -0.876. The number of carbonyl (C=O) groups excluding carboxylic acids is 3. The molecule has 1 N–H and O–H groups in total. The highest BCUT2D eigenvalue weighted by Gasteiger charge is 2.36. The zero-order valence-electron chi connectivity index (χ0n) is 19.8. The molecule has 186 valence electrons. The van der Waals surface area contributed by atoms with Crippen LogP contribution in [0, 0.1) is 0 Å². The Morgan fingerprint density at radius 3 is 2.23 bits per heavy atom. The first-order valence-electron chi connectivity index (χ1n) is 12.3. The second-order valence-electron chi connectivity index (χ2n) is 8.79. The van der Waals surface area contributed by atoms with E-state index in [1.165, 1.54) is 4.90 Å². The normalized spacial score (nSPS) is 18.5. The van der Waals surface area contributed by atoms with Gasteiger partial charge in [0.25, 0.3) is 5.91 Å². The molecule has 0 spiro atoms. The van der Waals surface area contributed by atoms with E-state index >= 15 is 0 Å². The minimum Gasteiger partial charge on any atom is -0.490 e. The molecule has 2 fully saturated rings. The van der Waals surface area contributed by atoms with Crippen LogP contribution >= 0.6 is 0 Å². The number of para-hydroxylation sites is 1. The predicted molar refractivity (Wildman–Crippen MR) is 129 cm³/mol. The van der Waals surface area contributed by atoms with Crippen molar-refractivity contribution in [1.82, 2.24) is 10.2 Å². The summed E-state index contributed by atoms with van der Waals surface area (Å²) in [4.78, 5) is 39.7. The van der Waals surface area contributed by atoms with Gasteiger partial charge in [-0.25, -0.2) is 0 Å². The number of nitrogens with zero attached hydrogens (tertiary/aromatic N) is 1. The molecule has 1 unspecified atom stereocenters. The average molecular weight is 481 g/mol. The van der Waals surface area contributed by atoms with Crippen LogP contribution in [0.2, 0.25) is 0 Å². The molecule has 35 heavy (non-hydrogen) atoms. The van der Waals surface area contributed by atoms with E-state index in [1.54, 1.807) is 24.3 Å². The van der Waals surface area contributed by atoms with Gasteiger partial charge in [-0.2, -0.15) is 0 Å². The molecule has 2 aromatic carbocycles. The highest BCUT2D eigenvalue weighted by atomic mass is 16.5. The molecule has 1 atom stereocenters. The van der Waals surface area contributed by atoms with Crippen LogP contribution in [-0.4, -0.2) is 61.1 Å². The number of rotatable bonds is 9. The third-order valence-corrected chi connectivity index (χ3v) is 6.27. The molecule has 8 nitrogen and oxygen atoms in total. The van der Waals surface area contributed by atoms with Gasteiger partial charge in [-0.15, -0.1) is 0 Å². The first-order valence-corrected chi connectivity index (χ1v) is 12.3. The Labute approximate surface area is 205 Å². The minimum absolute atomic E-state index is 0.0855. The molecule has 2 aliphatic rings. The van der Waals surface area contributed by atoms with Gasteiger partial charge in [-0.05, 0) is 62.1 Å². The molecule has 4 rings (SSSR count). The van der Waals surface area contributed by atoms with Crippen LogP contribution in [-0.2, 0) is 14.3 Å². The Kier molecular flexibility index (Phi) is 8.59. The lowest BCUT2D eigenvalue weighted by Gasteiger charge is -2.35. The largest absolute Gasteiger partial charge is 0.490 e. The van der Waals surface area contributed by atoms with Crippen molar-refractivity contribution in [2.24, 2.45) is 0 Å².